The molecule has 1 spiro atoms. The molecule has 0 saturated heterocycles. The Bertz CT molecular complexity index is 658. The average Bonchev–Trinajstić information content (AvgIpc) is 2.75. The molecule has 3 rings (SSSR count). The minimum Gasteiger partial charge on any atom is -0.507 e. The van der Waals surface area contributed by atoms with Crippen LogP contribution in [0.4, 0.5) is 0 Å². The molecule has 1 heterocycles. The van der Waals surface area contributed by atoms with Crippen molar-refractivity contribution in [2.75, 3.05) is 7.11 Å². The second kappa shape index (κ2) is 6.81. The van der Waals surface area contributed by atoms with Gasteiger partial charge in [0, 0.05) is 26.6 Å². The number of rotatable bonds is 2. The Morgan fingerprint density at radius 3 is 2.39 bits per heavy atom. The molecule has 0 atom stereocenters. The van der Waals surface area contributed by atoms with E-state index in [-0.39, 0.29) is 32.5 Å². The van der Waals surface area contributed by atoms with Crippen LogP contribution in [0.3, 0.4) is 0 Å². The standard InChI is InChI=1S/C19H24NO2.W/c1-12-10-14(3)15(11-13(12)2)16-17(22-4)19(20-18(16)21)8-6-5-7-9-19;/h10H,5-9H2,1-4H3,(H,20,21);/q-1;. The van der Waals surface area contributed by atoms with Gasteiger partial charge in [-0.05, 0) is 12.8 Å². The molecule has 1 aliphatic carbocycles. The minimum absolute atomic E-state index is 0. The predicted molar refractivity (Wildman–Crippen MR) is 87.4 cm³/mol. The number of hydrogen-bond donors (Lipinski definition) is 1. The van der Waals surface area contributed by atoms with E-state index in [9.17, 15) is 4.79 Å². The van der Waals surface area contributed by atoms with Crippen molar-refractivity contribution in [1.82, 2.24) is 5.32 Å². The Morgan fingerprint density at radius 2 is 1.78 bits per heavy atom. The van der Waals surface area contributed by atoms with Crippen LogP contribution in [-0.2, 0) is 30.6 Å². The first-order valence-electron chi connectivity index (χ1n) is 8.10. The number of amides is 1. The fourth-order valence-corrected chi connectivity index (χ4v) is 3.86. The molecule has 1 saturated carbocycles. The van der Waals surface area contributed by atoms with Gasteiger partial charge in [0.05, 0.1) is 18.4 Å². The van der Waals surface area contributed by atoms with E-state index in [2.05, 4.69) is 24.4 Å². The first kappa shape index (κ1) is 18.3. The third kappa shape index (κ3) is 3.00. The van der Waals surface area contributed by atoms with Gasteiger partial charge in [-0.25, -0.2) is 0 Å². The van der Waals surface area contributed by atoms with Crippen LogP contribution in [0.2, 0.25) is 0 Å². The van der Waals surface area contributed by atoms with Crippen molar-refractivity contribution in [2.45, 2.75) is 58.4 Å². The second-order valence-corrected chi connectivity index (χ2v) is 6.64. The van der Waals surface area contributed by atoms with E-state index in [0.717, 1.165) is 48.1 Å². The smallest absolute Gasteiger partial charge is 0.214 e. The Balaban J connectivity index is 0.00000192. The fraction of sp³-hybridized carbons (Fsp3) is 0.526. The van der Waals surface area contributed by atoms with E-state index < -0.39 is 0 Å². The number of methoxy groups -OCH3 is 1. The molecule has 1 aromatic carbocycles. The van der Waals surface area contributed by atoms with Gasteiger partial charge in [0.25, 0.3) is 0 Å². The average molecular weight is 482 g/mol. The van der Waals surface area contributed by atoms with Gasteiger partial charge in [-0.15, -0.1) is 34.4 Å². The molecule has 2 aliphatic rings. The summed E-state index contributed by atoms with van der Waals surface area (Å²) in [7, 11) is 1.68. The van der Waals surface area contributed by atoms with Crippen molar-refractivity contribution >= 4 is 11.5 Å². The van der Waals surface area contributed by atoms with Crippen LogP contribution in [0, 0.1) is 26.8 Å². The maximum absolute atomic E-state index is 12.7. The molecule has 0 aromatic heterocycles. The van der Waals surface area contributed by atoms with Crippen molar-refractivity contribution in [2.24, 2.45) is 0 Å². The largest absolute Gasteiger partial charge is 0.507 e. The molecule has 0 bridgehead atoms. The number of carbonyl (C=O) groups excluding carboxylic acids is 1. The monoisotopic (exact) mass is 482 g/mol. The topological polar surface area (TPSA) is 38.3 Å². The predicted octanol–water partition coefficient (Wildman–Crippen LogP) is 3.60. The van der Waals surface area contributed by atoms with Crippen LogP contribution in [0.1, 0.15) is 54.4 Å². The SMILES string of the molecule is COC1=C(c2[c-]c(C)c(C)cc2C)C(=O)NC12CCCCC2.[W]. The maximum atomic E-state index is 12.7. The van der Waals surface area contributed by atoms with Gasteiger partial charge in [-0.3, -0.25) is 4.79 Å². The van der Waals surface area contributed by atoms with Gasteiger partial charge < -0.3 is 10.1 Å². The summed E-state index contributed by atoms with van der Waals surface area (Å²) < 4.78 is 5.74. The van der Waals surface area contributed by atoms with E-state index in [0.29, 0.717) is 5.57 Å². The Kier molecular flexibility index (Phi) is 5.40. The molecule has 1 aromatic rings. The van der Waals surface area contributed by atoms with Crippen molar-refractivity contribution < 1.29 is 30.6 Å². The third-order valence-corrected chi connectivity index (χ3v) is 5.13. The maximum Gasteiger partial charge on any atom is 0.214 e. The minimum atomic E-state index is -0.293. The van der Waals surface area contributed by atoms with E-state index in [1.165, 1.54) is 12.0 Å². The van der Waals surface area contributed by atoms with Gasteiger partial charge in [0.15, 0.2) is 0 Å². The molecule has 1 aliphatic heterocycles. The molecule has 23 heavy (non-hydrogen) atoms. The van der Waals surface area contributed by atoms with Gasteiger partial charge in [0.1, 0.15) is 0 Å². The number of hydrogen-bond acceptors (Lipinski definition) is 2. The van der Waals surface area contributed by atoms with Gasteiger partial charge in [-0.1, -0.05) is 40.0 Å². The molecule has 4 heteroatoms. The molecule has 1 fully saturated rings. The van der Waals surface area contributed by atoms with Crippen molar-refractivity contribution in [3.05, 3.63) is 40.1 Å². The van der Waals surface area contributed by atoms with E-state index in [4.69, 9.17) is 4.74 Å². The van der Waals surface area contributed by atoms with Crippen LogP contribution < -0.4 is 5.32 Å². The van der Waals surface area contributed by atoms with E-state index in [1.54, 1.807) is 7.11 Å². The molecule has 1 N–H and O–H groups in total. The molecule has 3 nitrogen and oxygen atoms in total. The number of nitrogens with one attached hydrogen (secondary N) is 1. The zero-order chi connectivity index (χ0) is 15.9. The van der Waals surface area contributed by atoms with Gasteiger partial charge >= 0.3 is 0 Å². The van der Waals surface area contributed by atoms with Gasteiger partial charge in [0.2, 0.25) is 5.91 Å². The summed E-state index contributed by atoms with van der Waals surface area (Å²) in [6.45, 7) is 6.15. The summed E-state index contributed by atoms with van der Waals surface area (Å²) >= 11 is 0. The molecule has 124 valence electrons. The van der Waals surface area contributed by atoms with Crippen LogP contribution >= 0.6 is 0 Å². The van der Waals surface area contributed by atoms with Crippen LogP contribution in [0.5, 0.6) is 0 Å². The summed E-state index contributed by atoms with van der Waals surface area (Å²) in [6.07, 6.45) is 5.44. The first-order valence-corrected chi connectivity index (χ1v) is 8.10. The third-order valence-electron chi connectivity index (χ3n) is 5.13. The number of carbonyl (C=O) groups is 1. The zero-order valence-corrected chi connectivity index (χ0v) is 17.3. The molecule has 0 unspecified atom stereocenters. The van der Waals surface area contributed by atoms with Crippen molar-refractivity contribution in [3.63, 3.8) is 0 Å². The summed E-state index contributed by atoms with van der Waals surface area (Å²) in [6, 6.07) is 5.53. The number of benzene rings is 1. The first-order chi connectivity index (χ1) is 10.5. The van der Waals surface area contributed by atoms with Crippen LogP contribution in [0.25, 0.3) is 5.57 Å². The number of aryl methyl sites for hydroxylation is 3. The van der Waals surface area contributed by atoms with E-state index in [1.807, 2.05) is 13.8 Å². The second-order valence-electron chi connectivity index (χ2n) is 6.64. The Hall–Kier alpha value is -1.08. The van der Waals surface area contributed by atoms with Crippen molar-refractivity contribution in [3.8, 4) is 0 Å². The quantitative estimate of drug-likeness (QED) is 0.655. The van der Waals surface area contributed by atoms with Crippen LogP contribution in [-0.4, -0.2) is 18.6 Å². The molecule has 1 amide bonds. The van der Waals surface area contributed by atoms with E-state index >= 15 is 0 Å². The number of ether oxygens (including phenoxy) is 1. The van der Waals surface area contributed by atoms with Gasteiger partial charge in [-0.2, -0.15) is 0 Å². The fourth-order valence-electron chi connectivity index (χ4n) is 3.86. The Morgan fingerprint density at radius 1 is 1.13 bits per heavy atom. The summed E-state index contributed by atoms with van der Waals surface area (Å²) in [4.78, 5) is 12.7. The molecular formula is C19H24NO2W-. The summed E-state index contributed by atoms with van der Waals surface area (Å²) in [5.41, 5.74) is 4.64. The summed E-state index contributed by atoms with van der Waals surface area (Å²) in [5, 5.41) is 3.22. The summed E-state index contributed by atoms with van der Waals surface area (Å²) in [5.74, 6) is 0.807. The van der Waals surface area contributed by atoms with Crippen LogP contribution in [0.15, 0.2) is 11.8 Å². The molecular weight excluding hydrogens is 458 g/mol. The normalized spacial score (nSPS) is 19.6. The van der Waals surface area contributed by atoms with Crippen molar-refractivity contribution in [1.29, 1.82) is 0 Å². The molecule has 0 radical (unpaired) electrons. The Labute approximate surface area is 153 Å². The zero-order valence-electron chi connectivity index (χ0n) is 14.3.